The zero-order valence-electron chi connectivity index (χ0n) is 13.7. The van der Waals surface area contributed by atoms with Gasteiger partial charge >= 0.3 is 0 Å². The highest BCUT2D eigenvalue weighted by atomic mass is 35.5. The van der Waals surface area contributed by atoms with Crippen LogP contribution >= 0.6 is 11.6 Å². The van der Waals surface area contributed by atoms with Gasteiger partial charge in [0, 0.05) is 5.02 Å². The van der Waals surface area contributed by atoms with Crippen molar-refractivity contribution >= 4 is 34.1 Å². The van der Waals surface area contributed by atoms with E-state index in [1.54, 1.807) is 43.3 Å². The summed E-state index contributed by atoms with van der Waals surface area (Å²) in [5.74, 6) is 0.582. The van der Waals surface area contributed by atoms with Crippen LogP contribution in [-0.2, 0) is 11.3 Å². The SMILES string of the molecule is COc1ccc(Cl)cc1NC(=O)Cn1c(C)nc2ccccc2c1=O. The van der Waals surface area contributed by atoms with Gasteiger partial charge in [0.15, 0.2) is 0 Å². The minimum atomic E-state index is -0.372. The predicted octanol–water partition coefficient (Wildman–Crippen LogP) is 3.01. The number of fused-ring (bicyclic) bond motifs is 1. The number of ether oxygens (including phenoxy) is 1. The number of hydrogen-bond donors (Lipinski definition) is 1. The van der Waals surface area contributed by atoms with E-state index >= 15 is 0 Å². The lowest BCUT2D eigenvalue weighted by Crippen LogP contribution is -2.30. The summed E-state index contributed by atoms with van der Waals surface area (Å²) in [5, 5.41) is 3.66. The lowest BCUT2D eigenvalue weighted by Gasteiger charge is -2.13. The molecule has 0 atom stereocenters. The molecule has 0 unspecified atom stereocenters. The molecule has 0 bridgehead atoms. The fraction of sp³-hybridized carbons (Fsp3) is 0.167. The molecule has 0 radical (unpaired) electrons. The molecule has 0 aliphatic carbocycles. The molecule has 1 heterocycles. The number of nitrogens with zero attached hydrogens (tertiary/aromatic N) is 2. The number of nitrogens with one attached hydrogen (secondary N) is 1. The van der Waals surface area contributed by atoms with Crippen molar-refractivity contribution in [2.45, 2.75) is 13.5 Å². The molecule has 0 fully saturated rings. The number of rotatable bonds is 4. The standard InChI is InChI=1S/C18H16ClN3O3/c1-11-20-14-6-4-3-5-13(14)18(24)22(11)10-17(23)21-15-9-12(19)7-8-16(15)25-2/h3-9H,10H2,1-2H3,(H,21,23). The second kappa shape index (κ2) is 6.94. The van der Waals surface area contributed by atoms with E-state index in [1.807, 2.05) is 6.07 Å². The normalized spacial score (nSPS) is 10.7. The second-order valence-corrected chi connectivity index (χ2v) is 5.90. The Morgan fingerprint density at radius 3 is 2.80 bits per heavy atom. The van der Waals surface area contributed by atoms with Crippen LogP contribution < -0.4 is 15.6 Å². The van der Waals surface area contributed by atoms with Crippen molar-refractivity contribution in [3.63, 3.8) is 0 Å². The Balaban J connectivity index is 1.90. The fourth-order valence-corrected chi connectivity index (χ4v) is 2.75. The number of para-hydroxylation sites is 1. The van der Waals surface area contributed by atoms with Crippen LogP contribution in [0.2, 0.25) is 5.02 Å². The smallest absolute Gasteiger partial charge is 0.261 e. The highest BCUT2D eigenvalue weighted by Crippen LogP contribution is 2.27. The van der Waals surface area contributed by atoms with Crippen molar-refractivity contribution in [1.82, 2.24) is 9.55 Å². The average molecular weight is 358 g/mol. The third-order valence-electron chi connectivity index (χ3n) is 3.79. The molecule has 25 heavy (non-hydrogen) atoms. The first-order chi connectivity index (χ1) is 12.0. The number of carbonyl (C=O) groups excluding carboxylic acids is 1. The molecule has 0 aliphatic heterocycles. The summed E-state index contributed by atoms with van der Waals surface area (Å²) in [5.41, 5.74) is 0.800. The third kappa shape index (κ3) is 3.49. The Morgan fingerprint density at radius 2 is 2.04 bits per heavy atom. The third-order valence-corrected chi connectivity index (χ3v) is 4.02. The summed E-state index contributed by atoms with van der Waals surface area (Å²) in [4.78, 5) is 29.4. The van der Waals surface area contributed by atoms with Gasteiger partial charge in [-0.25, -0.2) is 4.98 Å². The number of hydrogen-bond acceptors (Lipinski definition) is 4. The highest BCUT2D eigenvalue weighted by Gasteiger charge is 2.13. The van der Waals surface area contributed by atoms with E-state index in [0.29, 0.717) is 33.2 Å². The van der Waals surface area contributed by atoms with E-state index in [0.717, 1.165) is 0 Å². The zero-order valence-corrected chi connectivity index (χ0v) is 14.5. The maximum Gasteiger partial charge on any atom is 0.261 e. The van der Waals surface area contributed by atoms with Crippen molar-refractivity contribution in [3.05, 3.63) is 63.7 Å². The molecule has 7 heteroatoms. The van der Waals surface area contributed by atoms with Gasteiger partial charge in [-0.15, -0.1) is 0 Å². The molecular weight excluding hydrogens is 342 g/mol. The van der Waals surface area contributed by atoms with E-state index in [-0.39, 0.29) is 18.0 Å². The Kier molecular flexibility index (Phi) is 4.72. The number of aryl methyl sites for hydroxylation is 1. The van der Waals surface area contributed by atoms with Crippen molar-refractivity contribution in [1.29, 1.82) is 0 Å². The van der Waals surface area contributed by atoms with Gasteiger partial charge < -0.3 is 10.1 Å². The van der Waals surface area contributed by atoms with Crippen molar-refractivity contribution in [3.8, 4) is 5.75 Å². The largest absolute Gasteiger partial charge is 0.495 e. The Labute approximate surface area is 149 Å². The van der Waals surface area contributed by atoms with Crippen LogP contribution in [0.1, 0.15) is 5.82 Å². The maximum atomic E-state index is 12.6. The number of benzene rings is 2. The van der Waals surface area contributed by atoms with Crippen LogP contribution in [0.5, 0.6) is 5.75 Å². The predicted molar refractivity (Wildman–Crippen MR) is 97.4 cm³/mol. The highest BCUT2D eigenvalue weighted by molar-refractivity contribution is 6.31. The van der Waals surface area contributed by atoms with Gasteiger partial charge in [-0.3, -0.25) is 14.2 Å². The number of methoxy groups -OCH3 is 1. The fourth-order valence-electron chi connectivity index (χ4n) is 2.58. The summed E-state index contributed by atoms with van der Waals surface area (Å²) in [6.07, 6.45) is 0. The number of amides is 1. The monoisotopic (exact) mass is 357 g/mol. The number of anilines is 1. The summed E-state index contributed by atoms with van der Waals surface area (Å²) >= 11 is 5.96. The first-order valence-corrected chi connectivity index (χ1v) is 7.97. The van der Waals surface area contributed by atoms with Crippen molar-refractivity contribution < 1.29 is 9.53 Å². The second-order valence-electron chi connectivity index (χ2n) is 5.46. The number of halogens is 1. The molecule has 2 aromatic carbocycles. The van der Waals surface area contributed by atoms with Crippen molar-refractivity contribution in [2.24, 2.45) is 0 Å². The van der Waals surface area contributed by atoms with Gasteiger partial charge in [0.2, 0.25) is 5.91 Å². The molecule has 3 aromatic rings. The lowest BCUT2D eigenvalue weighted by atomic mass is 10.2. The van der Waals surface area contributed by atoms with E-state index in [9.17, 15) is 9.59 Å². The molecule has 0 saturated heterocycles. The molecule has 0 aliphatic rings. The summed E-state index contributed by atoms with van der Waals surface area (Å²) in [6.45, 7) is 1.54. The quantitative estimate of drug-likeness (QED) is 0.779. The van der Waals surface area contributed by atoms with E-state index in [4.69, 9.17) is 16.3 Å². The molecule has 1 aromatic heterocycles. The van der Waals surface area contributed by atoms with E-state index in [1.165, 1.54) is 11.7 Å². The van der Waals surface area contributed by atoms with Crippen LogP contribution in [0.15, 0.2) is 47.3 Å². The van der Waals surface area contributed by atoms with E-state index in [2.05, 4.69) is 10.3 Å². The van der Waals surface area contributed by atoms with Gasteiger partial charge in [-0.05, 0) is 37.3 Å². The molecule has 0 saturated carbocycles. The topological polar surface area (TPSA) is 73.2 Å². The molecule has 3 rings (SSSR count). The first kappa shape index (κ1) is 17.0. The summed E-state index contributed by atoms with van der Waals surface area (Å²) < 4.78 is 6.54. The zero-order chi connectivity index (χ0) is 18.0. The molecular formula is C18H16ClN3O3. The van der Waals surface area contributed by atoms with Gasteiger partial charge in [0.25, 0.3) is 5.56 Å². The first-order valence-electron chi connectivity index (χ1n) is 7.59. The minimum absolute atomic E-state index is 0.155. The Morgan fingerprint density at radius 1 is 1.28 bits per heavy atom. The van der Waals surface area contributed by atoms with Gasteiger partial charge in [0.1, 0.15) is 18.1 Å². The van der Waals surface area contributed by atoms with Crippen LogP contribution in [0.3, 0.4) is 0 Å². The summed E-state index contributed by atoms with van der Waals surface area (Å²) in [7, 11) is 1.50. The molecule has 1 amide bonds. The van der Waals surface area contributed by atoms with Crippen molar-refractivity contribution in [2.75, 3.05) is 12.4 Å². The van der Waals surface area contributed by atoms with Crippen LogP contribution in [-0.4, -0.2) is 22.6 Å². The molecule has 1 N–H and O–H groups in total. The summed E-state index contributed by atoms with van der Waals surface area (Å²) in [6, 6.07) is 12.0. The minimum Gasteiger partial charge on any atom is -0.495 e. The molecule has 0 spiro atoms. The Bertz CT molecular complexity index is 1010. The molecule has 6 nitrogen and oxygen atoms in total. The average Bonchev–Trinajstić information content (AvgIpc) is 2.59. The molecule has 128 valence electrons. The lowest BCUT2D eigenvalue weighted by molar-refractivity contribution is -0.116. The number of aromatic nitrogens is 2. The maximum absolute atomic E-state index is 12.6. The van der Waals surface area contributed by atoms with Crippen LogP contribution in [0.4, 0.5) is 5.69 Å². The van der Waals surface area contributed by atoms with Crippen LogP contribution in [0, 0.1) is 6.92 Å². The van der Waals surface area contributed by atoms with E-state index < -0.39 is 0 Å². The van der Waals surface area contributed by atoms with Gasteiger partial charge in [-0.1, -0.05) is 23.7 Å². The Hall–Kier alpha value is -2.86. The van der Waals surface area contributed by atoms with Gasteiger partial charge in [0.05, 0.1) is 23.7 Å². The van der Waals surface area contributed by atoms with Crippen LogP contribution in [0.25, 0.3) is 10.9 Å². The van der Waals surface area contributed by atoms with Gasteiger partial charge in [-0.2, -0.15) is 0 Å². The number of carbonyl (C=O) groups is 1.